The lowest BCUT2D eigenvalue weighted by atomic mass is 9.82. The van der Waals surface area contributed by atoms with E-state index < -0.39 is 0 Å². The van der Waals surface area contributed by atoms with E-state index in [0.29, 0.717) is 17.5 Å². The molecule has 0 aliphatic heterocycles. The first-order valence-electron chi connectivity index (χ1n) is 20.2. The number of para-hydroxylation sites is 2. The minimum atomic E-state index is -0.103. The van der Waals surface area contributed by atoms with Crippen molar-refractivity contribution in [3.8, 4) is 62.1 Å². The fourth-order valence-electron chi connectivity index (χ4n) is 9.55. The molecule has 12 rings (SSSR count). The zero-order chi connectivity index (χ0) is 39.2. The summed E-state index contributed by atoms with van der Waals surface area (Å²) in [6.45, 7) is 4.71. The standard InChI is InChI=1S/C54H37N5/c1-54(2)44-24-14-12-22-38(44)41-31-43-42-30-35(26-29-47(42)59(48(43)32-45(41)54)36-20-10-5-11-21-36)37-27-28-40(49-39-23-13-15-25-46(39)55-50(37)49)53-57-51(33-16-6-3-7-17-33)56-52(58-53)34-18-8-4-9-19-34/h3-32,55H,1-2H3. The van der Waals surface area contributed by atoms with Gasteiger partial charge in [0.2, 0.25) is 0 Å². The summed E-state index contributed by atoms with van der Waals surface area (Å²) in [5, 5.41) is 4.68. The molecule has 3 heterocycles. The molecular weight excluding hydrogens is 719 g/mol. The maximum absolute atomic E-state index is 5.16. The Morgan fingerprint density at radius 1 is 0.424 bits per heavy atom. The van der Waals surface area contributed by atoms with Crippen molar-refractivity contribution in [3.05, 3.63) is 193 Å². The van der Waals surface area contributed by atoms with Crippen LogP contribution in [0.5, 0.6) is 0 Å². The van der Waals surface area contributed by atoms with E-state index in [4.69, 9.17) is 15.0 Å². The van der Waals surface area contributed by atoms with Crippen molar-refractivity contribution >= 4 is 43.6 Å². The molecule has 5 heteroatoms. The van der Waals surface area contributed by atoms with E-state index in [1.165, 1.54) is 44.1 Å². The van der Waals surface area contributed by atoms with Crippen LogP contribution in [-0.4, -0.2) is 24.5 Å². The average molecular weight is 756 g/mol. The molecule has 0 saturated carbocycles. The monoisotopic (exact) mass is 755 g/mol. The Balaban J connectivity index is 1.11. The lowest BCUT2D eigenvalue weighted by Gasteiger charge is -2.21. The summed E-state index contributed by atoms with van der Waals surface area (Å²) in [4.78, 5) is 19.1. The normalized spacial score (nSPS) is 13.1. The third kappa shape index (κ3) is 5.08. The van der Waals surface area contributed by atoms with E-state index in [0.717, 1.165) is 55.3 Å². The topological polar surface area (TPSA) is 59.4 Å². The van der Waals surface area contributed by atoms with Crippen LogP contribution < -0.4 is 0 Å². The quantitative estimate of drug-likeness (QED) is 0.190. The first-order chi connectivity index (χ1) is 29.0. The van der Waals surface area contributed by atoms with Crippen LogP contribution in [0.15, 0.2) is 182 Å². The molecule has 11 aromatic rings. The van der Waals surface area contributed by atoms with E-state index in [1.807, 2.05) is 36.4 Å². The van der Waals surface area contributed by atoms with Gasteiger partial charge in [0.15, 0.2) is 17.5 Å². The molecule has 1 N–H and O–H groups in total. The molecule has 59 heavy (non-hydrogen) atoms. The van der Waals surface area contributed by atoms with Crippen molar-refractivity contribution in [1.82, 2.24) is 24.5 Å². The van der Waals surface area contributed by atoms with Crippen molar-refractivity contribution in [2.75, 3.05) is 0 Å². The number of aromatic nitrogens is 5. The Hall–Kier alpha value is -7.63. The van der Waals surface area contributed by atoms with Gasteiger partial charge in [0.05, 0.1) is 16.6 Å². The number of nitrogens with one attached hydrogen (secondary N) is 1. The predicted octanol–water partition coefficient (Wildman–Crippen LogP) is 13.6. The Morgan fingerprint density at radius 3 is 1.78 bits per heavy atom. The fraction of sp³-hybridized carbons (Fsp3) is 0.0556. The number of H-pyrrole nitrogens is 1. The molecule has 1 aliphatic rings. The molecule has 0 unspecified atom stereocenters. The van der Waals surface area contributed by atoms with E-state index in [2.05, 4.69) is 169 Å². The van der Waals surface area contributed by atoms with Crippen LogP contribution in [0, 0.1) is 0 Å². The number of nitrogens with zero attached hydrogens (tertiary/aromatic N) is 4. The summed E-state index contributed by atoms with van der Waals surface area (Å²) < 4.78 is 2.44. The van der Waals surface area contributed by atoms with Gasteiger partial charge in [-0.15, -0.1) is 0 Å². The van der Waals surface area contributed by atoms with Crippen molar-refractivity contribution in [2.45, 2.75) is 19.3 Å². The maximum atomic E-state index is 5.16. The van der Waals surface area contributed by atoms with Gasteiger partial charge in [0.1, 0.15) is 0 Å². The number of rotatable bonds is 5. The van der Waals surface area contributed by atoms with Crippen LogP contribution in [-0.2, 0) is 5.41 Å². The highest BCUT2D eigenvalue weighted by molar-refractivity contribution is 6.19. The first kappa shape index (κ1) is 33.5. The molecule has 3 aromatic heterocycles. The lowest BCUT2D eigenvalue weighted by Crippen LogP contribution is -2.14. The van der Waals surface area contributed by atoms with Gasteiger partial charge in [0, 0.05) is 60.4 Å². The summed E-state index contributed by atoms with van der Waals surface area (Å²) in [5.74, 6) is 1.92. The second-order valence-corrected chi connectivity index (χ2v) is 16.1. The summed E-state index contributed by atoms with van der Waals surface area (Å²) >= 11 is 0. The van der Waals surface area contributed by atoms with Crippen molar-refractivity contribution in [2.24, 2.45) is 0 Å². The highest BCUT2D eigenvalue weighted by Gasteiger charge is 2.36. The van der Waals surface area contributed by atoms with Crippen molar-refractivity contribution in [3.63, 3.8) is 0 Å². The van der Waals surface area contributed by atoms with E-state index in [-0.39, 0.29) is 5.41 Å². The largest absolute Gasteiger partial charge is 0.354 e. The van der Waals surface area contributed by atoms with Gasteiger partial charge in [-0.25, -0.2) is 15.0 Å². The number of hydrogen-bond donors (Lipinski definition) is 1. The van der Waals surface area contributed by atoms with Crippen LogP contribution in [0.2, 0.25) is 0 Å². The molecule has 1 aliphatic carbocycles. The summed E-state index contributed by atoms with van der Waals surface area (Å²) in [5.41, 5.74) is 16.1. The van der Waals surface area contributed by atoms with Crippen LogP contribution in [0.1, 0.15) is 25.0 Å². The van der Waals surface area contributed by atoms with Gasteiger partial charge in [0.25, 0.3) is 0 Å². The van der Waals surface area contributed by atoms with Crippen LogP contribution in [0.3, 0.4) is 0 Å². The number of fused-ring (bicyclic) bond motifs is 9. The Morgan fingerprint density at radius 2 is 1.03 bits per heavy atom. The van der Waals surface area contributed by atoms with Gasteiger partial charge in [-0.1, -0.05) is 147 Å². The highest BCUT2D eigenvalue weighted by Crippen LogP contribution is 2.51. The lowest BCUT2D eigenvalue weighted by molar-refractivity contribution is 0.661. The van der Waals surface area contributed by atoms with Gasteiger partial charge in [-0.3, -0.25) is 0 Å². The molecule has 0 bridgehead atoms. The highest BCUT2D eigenvalue weighted by atomic mass is 15.0. The molecule has 5 nitrogen and oxygen atoms in total. The molecule has 0 radical (unpaired) electrons. The van der Waals surface area contributed by atoms with Gasteiger partial charge in [-0.05, 0) is 76.3 Å². The van der Waals surface area contributed by atoms with Crippen LogP contribution >= 0.6 is 0 Å². The summed E-state index contributed by atoms with van der Waals surface area (Å²) in [6, 6.07) is 64.8. The second-order valence-electron chi connectivity index (χ2n) is 16.1. The van der Waals surface area contributed by atoms with E-state index in [9.17, 15) is 0 Å². The maximum Gasteiger partial charge on any atom is 0.164 e. The Labute approximate surface area is 341 Å². The third-order valence-electron chi connectivity index (χ3n) is 12.4. The molecule has 0 fully saturated rings. The van der Waals surface area contributed by atoms with E-state index >= 15 is 0 Å². The SMILES string of the molecule is CC1(C)c2ccccc2-c2cc3c4cc(-c5ccc(-c6nc(-c7ccccc7)nc(-c7ccccc7)n6)c6c5[nH]c5ccccc56)ccc4n(-c4ccccc4)c3cc21. The minimum Gasteiger partial charge on any atom is -0.354 e. The fourth-order valence-corrected chi connectivity index (χ4v) is 9.55. The van der Waals surface area contributed by atoms with Crippen molar-refractivity contribution < 1.29 is 0 Å². The average Bonchev–Trinajstić information content (AvgIpc) is 3.91. The van der Waals surface area contributed by atoms with Gasteiger partial charge >= 0.3 is 0 Å². The number of hydrogen-bond acceptors (Lipinski definition) is 3. The molecule has 0 spiro atoms. The molecule has 278 valence electrons. The van der Waals surface area contributed by atoms with Crippen LogP contribution in [0.25, 0.3) is 106 Å². The van der Waals surface area contributed by atoms with Gasteiger partial charge < -0.3 is 9.55 Å². The molecule has 8 aromatic carbocycles. The number of aromatic amines is 1. The van der Waals surface area contributed by atoms with Gasteiger partial charge in [-0.2, -0.15) is 0 Å². The predicted molar refractivity (Wildman–Crippen MR) is 243 cm³/mol. The second kappa shape index (κ2) is 12.7. The molecular formula is C54H37N5. The minimum absolute atomic E-state index is 0.103. The molecule has 0 atom stereocenters. The smallest absolute Gasteiger partial charge is 0.164 e. The first-order valence-corrected chi connectivity index (χ1v) is 20.2. The third-order valence-corrected chi connectivity index (χ3v) is 12.4. The Kier molecular flexibility index (Phi) is 7.20. The molecule has 0 amide bonds. The zero-order valence-electron chi connectivity index (χ0n) is 32.6. The van der Waals surface area contributed by atoms with Crippen LogP contribution in [0.4, 0.5) is 0 Å². The Bertz CT molecular complexity index is 3390. The van der Waals surface area contributed by atoms with Crippen molar-refractivity contribution in [1.29, 1.82) is 0 Å². The summed E-state index contributed by atoms with van der Waals surface area (Å²) in [7, 11) is 0. The molecule has 0 saturated heterocycles. The van der Waals surface area contributed by atoms with E-state index in [1.54, 1.807) is 0 Å². The zero-order valence-corrected chi connectivity index (χ0v) is 32.6. The number of benzene rings is 8. The summed E-state index contributed by atoms with van der Waals surface area (Å²) in [6.07, 6.45) is 0.